The van der Waals surface area contributed by atoms with Crippen LogP contribution < -0.4 is 4.90 Å². The van der Waals surface area contributed by atoms with Crippen LogP contribution in [-0.4, -0.2) is 37.6 Å². The maximum absolute atomic E-state index is 5.68. The van der Waals surface area contributed by atoms with Crippen molar-refractivity contribution in [3.05, 3.63) is 30.4 Å². The summed E-state index contributed by atoms with van der Waals surface area (Å²) in [6.45, 7) is 7.05. The van der Waals surface area contributed by atoms with Gasteiger partial charge in [0.25, 0.3) is 5.71 Å². The molecule has 3 aromatic heterocycles. The highest BCUT2D eigenvalue weighted by Gasteiger charge is 2.24. The summed E-state index contributed by atoms with van der Waals surface area (Å²) in [5.74, 6) is 3.26. The van der Waals surface area contributed by atoms with E-state index in [1.807, 2.05) is 13.1 Å². The minimum absolute atomic E-state index is 0.578. The van der Waals surface area contributed by atoms with Crippen LogP contribution in [0.25, 0.3) is 11.2 Å². The Kier molecular flexibility index (Phi) is 3.92. The molecule has 0 saturated carbocycles. The molecule has 3 aromatic rings. The lowest BCUT2D eigenvalue weighted by atomic mass is 9.98. The topological polar surface area (TPSA) is 72.9 Å². The minimum atomic E-state index is 0.578. The fraction of sp³-hybridized carbons (Fsp3) is 0.529. The van der Waals surface area contributed by atoms with E-state index in [9.17, 15) is 0 Å². The second-order valence-corrected chi connectivity index (χ2v) is 6.39. The zero-order valence-corrected chi connectivity index (χ0v) is 14.1. The summed E-state index contributed by atoms with van der Waals surface area (Å²) in [5, 5.41) is 0. The summed E-state index contributed by atoms with van der Waals surface area (Å²) in [4.78, 5) is 19.9. The SMILES string of the molecule is CCc1nc2c(N3CCCC(Cn4ccnc4C)C3)ncnc2o1. The van der Waals surface area contributed by atoms with Gasteiger partial charge in [-0.1, -0.05) is 6.92 Å². The van der Waals surface area contributed by atoms with Crippen molar-refractivity contribution < 1.29 is 4.42 Å². The Morgan fingerprint density at radius 3 is 3.00 bits per heavy atom. The van der Waals surface area contributed by atoms with Crippen LogP contribution in [0.5, 0.6) is 0 Å². The van der Waals surface area contributed by atoms with Gasteiger partial charge in [0.15, 0.2) is 17.2 Å². The van der Waals surface area contributed by atoms with E-state index in [1.54, 1.807) is 6.33 Å². The third-order valence-corrected chi connectivity index (χ3v) is 4.72. The molecular formula is C17H22N6O. The smallest absolute Gasteiger partial charge is 0.252 e. The van der Waals surface area contributed by atoms with Crippen LogP contribution in [-0.2, 0) is 13.0 Å². The van der Waals surface area contributed by atoms with E-state index in [-0.39, 0.29) is 0 Å². The molecule has 0 aromatic carbocycles. The quantitative estimate of drug-likeness (QED) is 0.734. The number of oxazole rings is 1. The summed E-state index contributed by atoms with van der Waals surface area (Å²) in [6, 6.07) is 0. The molecule has 7 heteroatoms. The molecule has 4 heterocycles. The van der Waals surface area contributed by atoms with Crippen LogP contribution in [0.4, 0.5) is 5.82 Å². The highest BCUT2D eigenvalue weighted by molar-refractivity contribution is 5.81. The predicted octanol–water partition coefficient (Wildman–Crippen LogP) is 2.60. The zero-order chi connectivity index (χ0) is 16.5. The number of rotatable bonds is 4. The van der Waals surface area contributed by atoms with Crippen molar-refractivity contribution in [2.75, 3.05) is 18.0 Å². The first kappa shape index (κ1) is 15.1. The molecule has 1 unspecified atom stereocenters. The normalized spacial score (nSPS) is 18.4. The predicted molar refractivity (Wildman–Crippen MR) is 90.9 cm³/mol. The maximum atomic E-state index is 5.68. The van der Waals surface area contributed by atoms with Crippen LogP contribution in [0.1, 0.15) is 31.5 Å². The zero-order valence-electron chi connectivity index (χ0n) is 14.1. The van der Waals surface area contributed by atoms with Gasteiger partial charge in [-0.15, -0.1) is 0 Å². The van der Waals surface area contributed by atoms with Crippen molar-refractivity contribution in [2.24, 2.45) is 5.92 Å². The van der Waals surface area contributed by atoms with Crippen molar-refractivity contribution in [1.82, 2.24) is 24.5 Å². The largest absolute Gasteiger partial charge is 0.422 e. The summed E-state index contributed by atoms with van der Waals surface area (Å²) in [6.07, 6.45) is 8.64. The molecular weight excluding hydrogens is 304 g/mol. The lowest BCUT2D eigenvalue weighted by Crippen LogP contribution is -2.37. The molecule has 0 N–H and O–H groups in total. The Bertz CT molecular complexity index is 839. The molecule has 0 radical (unpaired) electrons. The van der Waals surface area contributed by atoms with Crippen LogP contribution in [0.2, 0.25) is 0 Å². The minimum Gasteiger partial charge on any atom is -0.422 e. The summed E-state index contributed by atoms with van der Waals surface area (Å²) >= 11 is 0. The molecule has 24 heavy (non-hydrogen) atoms. The standard InChI is InChI=1S/C17H22N6O/c1-3-14-21-15-16(19-11-20-17(15)24-14)23-7-4-5-13(10-23)9-22-8-6-18-12(22)2/h6,8,11,13H,3-5,7,9-10H2,1-2H3. The Balaban J connectivity index is 1.58. The average Bonchev–Trinajstić information content (AvgIpc) is 3.21. The molecule has 1 fully saturated rings. The van der Waals surface area contributed by atoms with Gasteiger partial charge in [0.2, 0.25) is 0 Å². The molecule has 0 bridgehead atoms. The van der Waals surface area contributed by atoms with E-state index < -0.39 is 0 Å². The number of nitrogens with zero attached hydrogens (tertiary/aromatic N) is 6. The van der Waals surface area contributed by atoms with Crippen molar-refractivity contribution >= 4 is 17.0 Å². The highest BCUT2D eigenvalue weighted by Crippen LogP contribution is 2.28. The number of hydrogen-bond acceptors (Lipinski definition) is 6. The van der Waals surface area contributed by atoms with Crippen LogP contribution >= 0.6 is 0 Å². The number of fused-ring (bicyclic) bond motifs is 1. The number of anilines is 1. The molecule has 126 valence electrons. The fourth-order valence-corrected chi connectivity index (χ4v) is 3.45. The van der Waals surface area contributed by atoms with E-state index in [0.29, 0.717) is 17.5 Å². The summed E-state index contributed by atoms with van der Waals surface area (Å²) in [7, 11) is 0. The van der Waals surface area contributed by atoms with Crippen LogP contribution in [0, 0.1) is 12.8 Å². The van der Waals surface area contributed by atoms with Gasteiger partial charge in [0.1, 0.15) is 12.2 Å². The Morgan fingerprint density at radius 2 is 2.21 bits per heavy atom. The lowest BCUT2D eigenvalue weighted by molar-refractivity contribution is 0.363. The molecule has 1 atom stereocenters. The highest BCUT2D eigenvalue weighted by atomic mass is 16.4. The van der Waals surface area contributed by atoms with Gasteiger partial charge >= 0.3 is 0 Å². The lowest BCUT2D eigenvalue weighted by Gasteiger charge is -2.33. The second kappa shape index (κ2) is 6.22. The van der Waals surface area contributed by atoms with E-state index >= 15 is 0 Å². The fourth-order valence-electron chi connectivity index (χ4n) is 3.45. The Hall–Kier alpha value is -2.44. The van der Waals surface area contributed by atoms with Gasteiger partial charge in [0, 0.05) is 38.4 Å². The molecule has 0 spiro atoms. The first-order chi connectivity index (χ1) is 11.7. The van der Waals surface area contributed by atoms with Crippen molar-refractivity contribution in [3.8, 4) is 0 Å². The van der Waals surface area contributed by atoms with Crippen molar-refractivity contribution in [2.45, 2.75) is 39.7 Å². The first-order valence-electron chi connectivity index (χ1n) is 8.57. The first-order valence-corrected chi connectivity index (χ1v) is 8.57. The number of piperidine rings is 1. The molecule has 1 aliphatic rings. The van der Waals surface area contributed by atoms with E-state index in [2.05, 4.69) is 42.5 Å². The second-order valence-electron chi connectivity index (χ2n) is 6.39. The Morgan fingerprint density at radius 1 is 1.29 bits per heavy atom. The number of imidazole rings is 1. The van der Waals surface area contributed by atoms with Gasteiger partial charge in [-0.2, -0.15) is 4.98 Å². The number of aryl methyl sites for hydroxylation is 2. The third kappa shape index (κ3) is 2.74. The van der Waals surface area contributed by atoms with Gasteiger partial charge in [-0.25, -0.2) is 15.0 Å². The molecule has 0 aliphatic carbocycles. The summed E-state index contributed by atoms with van der Waals surface area (Å²) < 4.78 is 7.91. The van der Waals surface area contributed by atoms with E-state index in [0.717, 1.165) is 49.6 Å². The molecule has 4 rings (SSSR count). The van der Waals surface area contributed by atoms with Crippen LogP contribution in [0.15, 0.2) is 23.1 Å². The number of aromatic nitrogens is 5. The average molecular weight is 326 g/mol. The van der Waals surface area contributed by atoms with Crippen molar-refractivity contribution in [1.29, 1.82) is 0 Å². The summed E-state index contributed by atoms with van der Waals surface area (Å²) in [5.41, 5.74) is 1.37. The maximum Gasteiger partial charge on any atom is 0.252 e. The van der Waals surface area contributed by atoms with E-state index in [4.69, 9.17) is 4.42 Å². The van der Waals surface area contributed by atoms with Gasteiger partial charge in [-0.3, -0.25) is 0 Å². The monoisotopic (exact) mass is 326 g/mol. The molecule has 0 amide bonds. The molecule has 1 saturated heterocycles. The van der Waals surface area contributed by atoms with Gasteiger partial charge in [0.05, 0.1) is 0 Å². The van der Waals surface area contributed by atoms with Crippen molar-refractivity contribution in [3.63, 3.8) is 0 Å². The molecule has 1 aliphatic heterocycles. The third-order valence-electron chi connectivity index (χ3n) is 4.72. The van der Waals surface area contributed by atoms with Crippen LogP contribution in [0.3, 0.4) is 0 Å². The van der Waals surface area contributed by atoms with E-state index in [1.165, 1.54) is 6.42 Å². The van der Waals surface area contributed by atoms with Gasteiger partial charge in [-0.05, 0) is 25.7 Å². The Labute approximate surface area is 140 Å². The van der Waals surface area contributed by atoms with Gasteiger partial charge < -0.3 is 13.9 Å². The molecule has 7 nitrogen and oxygen atoms in total. The number of hydrogen-bond donors (Lipinski definition) is 0.